The molecular weight excluding hydrogens is 375 g/mol. The van der Waals surface area contributed by atoms with Crippen LogP contribution in [0.4, 0.5) is 13.2 Å². The Labute approximate surface area is 160 Å². The summed E-state index contributed by atoms with van der Waals surface area (Å²) < 4.78 is 50.8. The maximum Gasteiger partial charge on any atom is 0.416 e. The van der Waals surface area contributed by atoms with Crippen LogP contribution in [0, 0.1) is 0 Å². The van der Waals surface area contributed by atoms with Gasteiger partial charge < -0.3 is 14.8 Å². The number of hydrogen-bond donors (Lipinski definition) is 1. The highest BCUT2D eigenvalue weighted by molar-refractivity contribution is 6.00. The summed E-state index contributed by atoms with van der Waals surface area (Å²) in [5.74, 6) is -2.99. The summed E-state index contributed by atoms with van der Waals surface area (Å²) >= 11 is 0. The second-order valence-corrected chi connectivity index (χ2v) is 6.10. The van der Waals surface area contributed by atoms with Gasteiger partial charge >= 0.3 is 18.1 Å². The minimum atomic E-state index is -4.68. The number of carbonyl (C=O) groups is 2. The molecule has 0 aromatic heterocycles. The second-order valence-electron chi connectivity index (χ2n) is 6.10. The number of allylic oxidation sites excluding steroid dienone is 2. The summed E-state index contributed by atoms with van der Waals surface area (Å²) in [5, 5.41) is 2.86. The zero-order valence-electron chi connectivity index (χ0n) is 15.6. The van der Waals surface area contributed by atoms with E-state index >= 15 is 0 Å². The van der Waals surface area contributed by atoms with Crippen LogP contribution >= 0.6 is 0 Å². The molecule has 1 aromatic rings. The Morgan fingerprint density at radius 3 is 2.25 bits per heavy atom. The Bertz CT molecular complexity index is 868. The van der Waals surface area contributed by atoms with Gasteiger partial charge in [0.15, 0.2) is 0 Å². The molecule has 28 heavy (non-hydrogen) atoms. The maximum atomic E-state index is 13.6. The molecule has 0 spiro atoms. The summed E-state index contributed by atoms with van der Waals surface area (Å²) in [7, 11) is 1.12. The van der Waals surface area contributed by atoms with Gasteiger partial charge in [-0.05, 0) is 25.5 Å². The first-order chi connectivity index (χ1) is 13.1. The third-order valence-electron chi connectivity index (χ3n) is 4.30. The van der Waals surface area contributed by atoms with Crippen molar-refractivity contribution in [1.82, 2.24) is 5.32 Å². The third kappa shape index (κ3) is 4.11. The minimum absolute atomic E-state index is 0.0876. The average molecular weight is 395 g/mol. The molecule has 1 aliphatic rings. The molecule has 1 aromatic carbocycles. The van der Waals surface area contributed by atoms with Crippen molar-refractivity contribution in [2.24, 2.45) is 0 Å². The molecule has 2 rings (SSSR count). The average Bonchev–Trinajstić information content (AvgIpc) is 2.64. The number of ether oxygens (including phenoxy) is 2. The van der Waals surface area contributed by atoms with Crippen molar-refractivity contribution in [2.45, 2.75) is 25.9 Å². The van der Waals surface area contributed by atoms with Gasteiger partial charge in [0.25, 0.3) is 0 Å². The summed E-state index contributed by atoms with van der Waals surface area (Å²) in [6.45, 7) is 6.39. The number of halogens is 3. The van der Waals surface area contributed by atoms with Gasteiger partial charge in [0.2, 0.25) is 0 Å². The molecule has 150 valence electrons. The van der Waals surface area contributed by atoms with Crippen LogP contribution in [0.1, 0.15) is 30.9 Å². The molecule has 0 bridgehead atoms. The number of nitrogens with one attached hydrogen (secondary N) is 1. The number of carbonyl (C=O) groups excluding carboxylic acids is 2. The highest BCUT2D eigenvalue weighted by Gasteiger charge is 2.42. The van der Waals surface area contributed by atoms with E-state index in [2.05, 4.69) is 11.9 Å². The molecule has 8 heteroatoms. The quantitative estimate of drug-likeness (QED) is 0.606. The molecule has 5 nitrogen and oxygen atoms in total. The lowest BCUT2D eigenvalue weighted by molar-refractivity contribution is -0.141. The van der Waals surface area contributed by atoms with Crippen molar-refractivity contribution in [3.63, 3.8) is 0 Å². The summed E-state index contributed by atoms with van der Waals surface area (Å²) in [6.07, 6.45) is -3.34. The summed E-state index contributed by atoms with van der Waals surface area (Å²) in [6, 6.07) is 4.81. The lowest BCUT2D eigenvalue weighted by atomic mass is 9.78. The summed E-state index contributed by atoms with van der Waals surface area (Å²) in [4.78, 5) is 25.1. The Balaban J connectivity index is 2.77. The first-order valence-electron chi connectivity index (χ1n) is 8.34. The number of dihydropyridines is 1. The first-order valence-corrected chi connectivity index (χ1v) is 8.34. The number of methoxy groups -OCH3 is 1. The molecule has 1 heterocycles. The number of rotatable bonds is 5. The number of alkyl halides is 3. The lowest BCUT2D eigenvalue weighted by Gasteiger charge is -2.31. The van der Waals surface area contributed by atoms with Crippen molar-refractivity contribution >= 4 is 11.9 Å². The fourth-order valence-corrected chi connectivity index (χ4v) is 3.18. The molecule has 0 aliphatic carbocycles. The van der Waals surface area contributed by atoms with Crippen molar-refractivity contribution in [3.8, 4) is 0 Å². The van der Waals surface area contributed by atoms with Crippen molar-refractivity contribution in [3.05, 3.63) is 70.6 Å². The smallest absolute Gasteiger partial charge is 0.416 e. The molecule has 0 saturated carbocycles. The van der Waals surface area contributed by atoms with Crippen LogP contribution in [0.3, 0.4) is 0 Å². The molecule has 1 atom stereocenters. The number of esters is 2. The Morgan fingerprint density at radius 1 is 1.14 bits per heavy atom. The van der Waals surface area contributed by atoms with Gasteiger partial charge in [-0.15, -0.1) is 0 Å². The van der Waals surface area contributed by atoms with E-state index < -0.39 is 29.6 Å². The SMILES string of the molecule is C=CCOC(=O)C1=C(C)NC(C)=C(C(=O)OC)C1c1ccccc1C(F)(F)F. The molecule has 1 aliphatic heterocycles. The summed E-state index contributed by atoms with van der Waals surface area (Å²) in [5.41, 5.74) is -0.772. The molecule has 0 radical (unpaired) electrons. The van der Waals surface area contributed by atoms with E-state index in [4.69, 9.17) is 9.47 Å². The van der Waals surface area contributed by atoms with Crippen molar-refractivity contribution < 1.29 is 32.2 Å². The van der Waals surface area contributed by atoms with Gasteiger partial charge in [-0.25, -0.2) is 9.59 Å². The highest BCUT2D eigenvalue weighted by atomic mass is 19.4. The van der Waals surface area contributed by atoms with Crippen LogP contribution in [-0.4, -0.2) is 25.7 Å². The zero-order chi connectivity index (χ0) is 21.1. The van der Waals surface area contributed by atoms with Gasteiger partial charge in [-0.1, -0.05) is 30.9 Å². The fraction of sp³-hybridized carbons (Fsp3) is 0.300. The van der Waals surface area contributed by atoms with E-state index in [9.17, 15) is 22.8 Å². The molecule has 1 N–H and O–H groups in total. The molecule has 1 unspecified atom stereocenters. The third-order valence-corrected chi connectivity index (χ3v) is 4.30. The van der Waals surface area contributed by atoms with E-state index in [0.717, 1.165) is 13.2 Å². The Morgan fingerprint density at radius 2 is 1.71 bits per heavy atom. The highest BCUT2D eigenvalue weighted by Crippen LogP contribution is 2.44. The lowest BCUT2D eigenvalue weighted by Crippen LogP contribution is -2.33. The van der Waals surface area contributed by atoms with E-state index in [1.54, 1.807) is 0 Å². The van der Waals surface area contributed by atoms with Crippen molar-refractivity contribution in [2.75, 3.05) is 13.7 Å². The Hall–Kier alpha value is -3.03. The molecule has 0 amide bonds. The predicted molar refractivity (Wildman–Crippen MR) is 95.9 cm³/mol. The predicted octanol–water partition coefficient (Wildman–Crippen LogP) is 3.84. The van der Waals surface area contributed by atoms with Gasteiger partial charge in [0.05, 0.1) is 29.7 Å². The van der Waals surface area contributed by atoms with Gasteiger partial charge in [0, 0.05) is 11.4 Å². The zero-order valence-corrected chi connectivity index (χ0v) is 15.6. The number of hydrogen-bond acceptors (Lipinski definition) is 5. The van der Waals surface area contributed by atoms with Crippen molar-refractivity contribution in [1.29, 1.82) is 0 Å². The topological polar surface area (TPSA) is 64.6 Å². The van der Waals surface area contributed by atoms with Crippen LogP contribution in [0.25, 0.3) is 0 Å². The van der Waals surface area contributed by atoms with E-state index in [0.29, 0.717) is 11.4 Å². The standard InChI is InChI=1S/C20H20F3NO4/c1-5-10-28-19(26)16-12(3)24-11(2)15(18(25)27-4)17(16)13-8-6-7-9-14(13)20(21,22)23/h5-9,17,24H,1,10H2,2-4H3. The van der Waals surface area contributed by atoms with E-state index in [-0.39, 0.29) is 23.3 Å². The molecule has 0 fully saturated rings. The largest absolute Gasteiger partial charge is 0.466 e. The van der Waals surface area contributed by atoms with E-state index in [1.807, 2.05) is 0 Å². The van der Waals surface area contributed by atoms with Crippen LogP contribution in [0.15, 0.2) is 59.5 Å². The van der Waals surface area contributed by atoms with Crippen LogP contribution in [-0.2, 0) is 25.2 Å². The van der Waals surface area contributed by atoms with Crippen LogP contribution < -0.4 is 5.32 Å². The molecular formula is C20H20F3NO4. The van der Waals surface area contributed by atoms with Gasteiger partial charge in [-0.2, -0.15) is 13.2 Å². The van der Waals surface area contributed by atoms with E-state index in [1.165, 1.54) is 38.1 Å². The molecule has 0 saturated heterocycles. The van der Waals surface area contributed by atoms with Gasteiger partial charge in [0.1, 0.15) is 6.61 Å². The van der Waals surface area contributed by atoms with Crippen LogP contribution in [0.2, 0.25) is 0 Å². The maximum absolute atomic E-state index is 13.6. The van der Waals surface area contributed by atoms with Gasteiger partial charge in [-0.3, -0.25) is 0 Å². The number of benzene rings is 1. The van der Waals surface area contributed by atoms with Crippen LogP contribution in [0.5, 0.6) is 0 Å². The monoisotopic (exact) mass is 395 g/mol. The normalized spacial score (nSPS) is 17.1. The first kappa shape index (κ1) is 21.3. The minimum Gasteiger partial charge on any atom is -0.466 e. The Kier molecular flexibility index (Phi) is 6.33. The second kappa shape index (κ2) is 8.33. The fourth-order valence-electron chi connectivity index (χ4n) is 3.18.